The highest BCUT2D eigenvalue weighted by atomic mass is 15.2. The van der Waals surface area contributed by atoms with Crippen LogP contribution in [0.25, 0.3) is 11.1 Å². The summed E-state index contributed by atoms with van der Waals surface area (Å²) in [6.07, 6.45) is 0.955. The van der Waals surface area contributed by atoms with Gasteiger partial charge in [0.15, 0.2) is 5.82 Å². The second-order valence-corrected chi connectivity index (χ2v) is 6.80. The van der Waals surface area contributed by atoms with E-state index in [4.69, 9.17) is 5.73 Å². The quantitative estimate of drug-likeness (QED) is 0.879. The van der Waals surface area contributed by atoms with Crippen molar-refractivity contribution in [1.82, 2.24) is 10.2 Å². The Labute approximate surface area is 121 Å². The van der Waals surface area contributed by atoms with Gasteiger partial charge in [0.05, 0.1) is 0 Å². The smallest absolute Gasteiger partial charge is 0.153 e. The van der Waals surface area contributed by atoms with Crippen LogP contribution in [-0.2, 0) is 6.42 Å². The Bertz CT molecular complexity index is 591. The van der Waals surface area contributed by atoms with Crippen LogP contribution in [0.3, 0.4) is 0 Å². The summed E-state index contributed by atoms with van der Waals surface area (Å²) in [5.41, 5.74) is 10.9. The molecule has 1 aromatic carbocycles. The van der Waals surface area contributed by atoms with Crippen molar-refractivity contribution in [3.8, 4) is 11.1 Å². The Kier molecular flexibility index (Phi) is 3.89. The van der Waals surface area contributed by atoms with Gasteiger partial charge in [-0.3, -0.25) is 5.10 Å². The number of nitrogens with two attached hydrogens (primary N) is 1. The number of rotatable bonds is 3. The van der Waals surface area contributed by atoms with Gasteiger partial charge in [0.25, 0.3) is 0 Å². The molecule has 0 aliphatic heterocycles. The Morgan fingerprint density at radius 3 is 2.60 bits per heavy atom. The normalized spacial score (nSPS) is 13.4. The number of nitrogen functional groups attached to an aromatic ring is 1. The van der Waals surface area contributed by atoms with E-state index in [9.17, 15) is 0 Å². The van der Waals surface area contributed by atoms with Crippen molar-refractivity contribution < 1.29 is 0 Å². The minimum absolute atomic E-state index is 0.268. The summed E-state index contributed by atoms with van der Waals surface area (Å²) < 4.78 is 0. The number of H-pyrrole nitrogens is 1. The van der Waals surface area contributed by atoms with Crippen molar-refractivity contribution in [3.05, 3.63) is 35.5 Å². The zero-order chi connectivity index (χ0) is 14.9. The van der Waals surface area contributed by atoms with E-state index in [2.05, 4.69) is 69.1 Å². The molecule has 3 N–H and O–H groups in total. The van der Waals surface area contributed by atoms with E-state index >= 15 is 0 Å². The second kappa shape index (κ2) is 5.31. The molecular formula is C17H25N3. The number of anilines is 1. The molecule has 108 valence electrons. The number of hydrogen-bond donors (Lipinski definition) is 2. The lowest BCUT2D eigenvalue weighted by Crippen LogP contribution is -2.19. The van der Waals surface area contributed by atoms with Crippen molar-refractivity contribution in [3.63, 3.8) is 0 Å². The Morgan fingerprint density at radius 2 is 2.00 bits per heavy atom. The SMILES string of the molecule is Cc1cccc(-c2c(N)n[nH]c2CC(C)C(C)(C)C)c1. The maximum atomic E-state index is 6.07. The first-order valence-corrected chi connectivity index (χ1v) is 7.19. The first-order chi connectivity index (χ1) is 9.29. The highest BCUT2D eigenvalue weighted by molar-refractivity contribution is 5.76. The number of aromatic nitrogens is 2. The minimum Gasteiger partial charge on any atom is -0.382 e. The molecule has 1 atom stereocenters. The molecule has 1 aromatic heterocycles. The lowest BCUT2D eigenvalue weighted by atomic mass is 9.79. The summed E-state index contributed by atoms with van der Waals surface area (Å²) in [7, 11) is 0. The zero-order valence-electron chi connectivity index (χ0n) is 13.1. The summed E-state index contributed by atoms with van der Waals surface area (Å²) in [6, 6.07) is 8.41. The van der Waals surface area contributed by atoms with Crippen LogP contribution in [0.1, 0.15) is 39.0 Å². The molecule has 0 bridgehead atoms. The number of hydrogen-bond acceptors (Lipinski definition) is 2. The van der Waals surface area contributed by atoms with Gasteiger partial charge in [-0.15, -0.1) is 0 Å². The van der Waals surface area contributed by atoms with E-state index in [0.29, 0.717) is 11.7 Å². The first-order valence-electron chi connectivity index (χ1n) is 7.19. The summed E-state index contributed by atoms with van der Waals surface area (Å²) in [5, 5.41) is 7.33. The van der Waals surface area contributed by atoms with Crippen LogP contribution in [-0.4, -0.2) is 10.2 Å². The Morgan fingerprint density at radius 1 is 1.30 bits per heavy atom. The average Bonchev–Trinajstić information content (AvgIpc) is 2.69. The molecule has 2 aromatic rings. The van der Waals surface area contributed by atoms with Gasteiger partial charge in [0, 0.05) is 11.3 Å². The zero-order valence-corrected chi connectivity index (χ0v) is 13.1. The summed E-state index contributed by atoms with van der Waals surface area (Å²) in [5.74, 6) is 1.14. The molecule has 1 heterocycles. The predicted molar refractivity (Wildman–Crippen MR) is 85.5 cm³/mol. The molecule has 1 unspecified atom stereocenters. The van der Waals surface area contributed by atoms with E-state index in [1.807, 2.05) is 0 Å². The Balaban J connectivity index is 2.38. The fraction of sp³-hybridized carbons (Fsp3) is 0.471. The molecule has 0 amide bonds. The molecular weight excluding hydrogens is 246 g/mol. The maximum absolute atomic E-state index is 6.07. The van der Waals surface area contributed by atoms with Gasteiger partial charge in [0.2, 0.25) is 0 Å². The van der Waals surface area contributed by atoms with Gasteiger partial charge in [-0.25, -0.2) is 0 Å². The van der Waals surface area contributed by atoms with E-state index in [-0.39, 0.29) is 5.41 Å². The van der Waals surface area contributed by atoms with Crippen LogP contribution in [0.2, 0.25) is 0 Å². The van der Waals surface area contributed by atoms with Crippen molar-refractivity contribution in [2.75, 3.05) is 5.73 Å². The van der Waals surface area contributed by atoms with Gasteiger partial charge < -0.3 is 5.73 Å². The number of benzene rings is 1. The average molecular weight is 271 g/mol. The van der Waals surface area contributed by atoms with Crippen molar-refractivity contribution in [1.29, 1.82) is 0 Å². The molecule has 0 saturated heterocycles. The largest absolute Gasteiger partial charge is 0.382 e. The number of nitrogens with zero attached hydrogens (tertiary/aromatic N) is 1. The predicted octanol–water partition coefficient (Wildman–Crippen LogP) is 4.19. The molecule has 0 aliphatic rings. The molecule has 0 saturated carbocycles. The second-order valence-electron chi connectivity index (χ2n) is 6.80. The number of nitrogens with one attached hydrogen (secondary N) is 1. The topological polar surface area (TPSA) is 54.7 Å². The third kappa shape index (κ3) is 3.03. The van der Waals surface area contributed by atoms with Crippen LogP contribution in [0.5, 0.6) is 0 Å². The van der Waals surface area contributed by atoms with Gasteiger partial charge in [0.1, 0.15) is 0 Å². The standard InChI is InChI=1S/C17H25N3/c1-11-7-6-8-13(9-11)15-14(19-20-16(15)18)10-12(2)17(3,4)5/h6-9,12H,10H2,1-5H3,(H3,18,19,20). The van der Waals surface area contributed by atoms with Gasteiger partial charge >= 0.3 is 0 Å². The minimum atomic E-state index is 0.268. The van der Waals surface area contributed by atoms with Crippen LogP contribution < -0.4 is 5.73 Å². The lowest BCUT2D eigenvalue weighted by Gasteiger charge is -2.27. The van der Waals surface area contributed by atoms with Crippen molar-refractivity contribution >= 4 is 5.82 Å². The highest BCUT2D eigenvalue weighted by Gasteiger charge is 2.23. The molecule has 20 heavy (non-hydrogen) atoms. The van der Waals surface area contributed by atoms with Gasteiger partial charge in [-0.05, 0) is 30.2 Å². The van der Waals surface area contributed by atoms with Crippen LogP contribution >= 0.6 is 0 Å². The lowest BCUT2D eigenvalue weighted by molar-refractivity contribution is 0.258. The van der Waals surface area contributed by atoms with E-state index in [1.54, 1.807) is 0 Å². The number of aromatic amines is 1. The molecule has 0 fully saturated rings. The molecule has 3 heteroatoms. The molecule has 3 nitrogen and oxygen atoms in total. The monoisotopic (exact) mass is 271 g/mol. The van der Waals surface area contributed by atoms with Gasteiger partial charge in [-0.1, -0.05) is 57.5 Å². The molecule has 0 aliphatic carbocycles. The van der Waals surface area contributed by atoms with Crippen molar-refractivity contribution in [2.45, 2.75) is 41.0 Å². The third-order valence-electron chi connectivity index (χ3n) is 4.16. The van der Waals surface area contributed by atoms with Crippen LogP contribution in [0.4, 0.5) is 5.82 Å². The van der Waals surface area contributed by atoms with Crippen LogP contribution in [0, 0.1) is 18.3 Å². The van der Waals surface area contributed by atoms with E-state index in [0.717, 1.165) is 23.2 Å². The summed E-state index contributed by atoms with van der Waals surface area (Å²) in [6.45, 7) is 11.2. The molecule has 0 radical (unpaired) electrons. The maximum Gasteiger partial charge on any atom is 0.153 e. The molecule has 0 spiro atoms. The highest BCUT2D eigenvalue weighted by Crippen LogP contribution is 2.34. The summed E-state index contributed by atoms with van der Waals surface area (Å²) in [4.78, 5) is 0. The van der Waals surface area contributed by atoms with Crippen molar-refractivity contribution in [2.24, 2.45) is 11.3 Å². The van der Waals surface area contributed by atoms with Crippen LogP contribution in [0.15, 0.2) is 24.3 Å². The number of aryl methyl sites for hydroxylation is 1. The van der Waals surface area contributed by atoms with Gasteiger partial charge in [-0.2, -0.15) is 5.10 Å². The first kappa shape index (κ1) is 14.6. The van der Waals surface area contributed by atoms with E-state index in [1.165, 1.54) is 5.56 Å². The molecule has 2 rings (SSSR count). The fourth-order valence-electron chi connectivity index (χ4n) is 2.28. The summed E-state index contributed by atoms with van der Waals surface area (Å²) >= 11 is 0. The Hall–Kier alpha value is -1.77. The fourth-order valence-corrected chi connectivity index (χ4v) is 2.28. The third-order valence-corrected chi connectivity index (χ3v) is 4.16. The van der Waals surface area contributed by atoms with E-state index < -0.39 is 0 Å².